The number of piperidine rings is 1. The second-order valence-electron chi connectivity index (χ2n) is 3.95. The van der Waals surface area contributed by atoms with Gasteiger partial charge in [-0.25, -0.2) is 0 Å². The second-order valence-corrected chi connectivity index (χ2v) is 4.73. The van der Waals surface area contributed by atoms with Crippen LogP contribution >= 0.6 is 11.3 Å². The van der Waals surface area contributed by atoms with E-state index in [2.05, 4.69) is 0 Å². The van der Waals surface area contributed by atoms with E-state index in [-0.39, 0.29) is 18.4 Å². The molecule has 1 N–H and O–H groups in total. The van der Waals surface area contributed by atoms with Gasteiger partial charge in [0.25, 0.3) is 5.91 Å². The maximum atomic E-state index is 12.0. The van der Waals surface area contributed by atoms with Gasteiger partial charge >= 0.3 is 0 Å². The molecule has 2 heterocycles. The fraction of sp³-hybridized carbons (Fsp3) is 0.545. The van der Waals surface area contributed by atoms with Gasteiger partial charge in [0.1, 0.15) is 0 Å². The van der Waals surface area contributed by atoms with Crippen LogP contribution in [0.4, 0.5) is 0 Å². The van der Waals surface area contributed by atoms with Crippen LogP contribution in [0.3, 0.4) is 0 Å². The van der Waals surface area contributed by atoms with Gasteiger partial charge in [-0.1, -0.05) is 0 Å². The lowest BCUT2D eigenvalue weighted by Crippen LogP contribution is -2.40. The van der Waals surface area contributed by atoms with Crippen molar-refractivity contribution in [2.45, 2.75) is 12.8 Å². The van der Waals surface area contributed by atoms with Gasteiger partial charge in [0.2, 0.25) is 0 Å². The zero-order chi connectivity index (χ0) is 10.7. The monoisotopic (exact) mass is 225 g/mol. The topological polar surface area (TPSA) is 40.5 Å². The van der Waals surface area contributed by atoms with Crippen LogP contribution in [0.5, 0.6) is 0 Å². The Hall–Kier alpha value is -0.870. The molecule has 82 valence electrons. The standard InChI is InChI=1S/C11H15NO2S/c13-7-9-2-1-4-12(6-9)11(14)10-3-5-15-8-10/h3,5,8-9,13H,1-2,4,6-7H2/t9-/m1/s1. The van der Waals surface area contributed by atoms with Crippen molar-refractivity contribution in [1.82, 2.24) is 4.90 Å². The number of aliphatic hydroxyl groups excluding tert-OH is 1. The number of hydrogen-bond donors (Lipinski definition) is 1. The summed E-state index contributed by atoms with van der Waals surface area (Å²) in [6.45, 7) is 1.71. The molecular weight excluding hydrogens is 210 g/mol. The maximum absolute atomic E-state index is 12.0. The van der Waals surface area contributed by atoms with Crippen LogP contribution in [0, 0.1) is 5.92 Å². The quantitative estimate of drug-likeness (QED) is 0.830. The molecular formula is C11H15NO2S. The highest BCUT2D eigenvalue weighted by Crippen LogP contribution is 2.18. The Labute approximate surface area is 93.3 Å². The molecule has 1 atom stereocenters. The molecule has 0 unspecified atom stereocenters. The van der Waals surface area contributed by atoms with Crippen molar-refractivity contribution >= 4 is 17.2 Å². The van der Waals surface area contributed by atoms with Crippen LogP contribution < -0.4 is 0 Å². The summed E-state index contributed by atoms with van der Waals surface area (Å²) in [7, 11) is 0. The van der Waals surface area contributed by atoms with E-state index in [9.17, 15) is 4.79 Å². The summed E-state index contributed by atoms with van der Waals surface area (Å²) < 4.78 is 0. The van der Waals surface area contributed by atoms with E-state index in [1.165, 1.54) is 0 Å². The van der Waals surface area contributed by atoms with Crippen molar-refractivity contribution in [3.05, 3.63) is 22.4 Å². The van der Waals surface area contributed by atoms with Crippen molar-refractivity contribution in [3.8, 4) is 0 Å². The summed E-state index contributed by atoms with van der Waals surface area (Å²) in [4.78, 5) is 13.8. The fourth-order valence-corrected chi connectivity index (χ4v) is 2.60. The van der Waals surface area contributed by atoms with Crippen molar-refractivity contribution < 1.29 is 9.90 Å². The van der Waals surface area contributed by atoms with Crippen LogP contribution in [-0.2, 0) is 0 Å². The third-order valence-electron chi connectivity index (χ3n) is 2.83. The Bertz CT molecular complexity index is 323. The first-order valence-corrected chi connectivity index (χ1v) is 6.18. The molecule has 1 aromatic rings. The summed E-state index contributed by atoms with van der Waals surface area (Å²) in [5, 5.41) is 12.9. The van der Waals surface area contributed by atoms with Gasteiger partial charge in [-0.3, -0.25) is 4.79 Å². The van der Waals surface area contributed by atoms with E-state index in [1.54, 1.807) is 11.3 Å². The van der Waals surface area contributed by atoms with E-state index in [0.717, 1.165) is 24.9 Å². The summed E-state index contributed by atoms with van der Waals surface area (Å²) >= 11 is 1.54. The molecule has 1 aliphatic heterocycles. The number of carbonyl (C=O) groups excluding carboxylic acids is 1. The Balaban J connectivity index is 2.01. The summed E-state index contributed by atoms with van der Waals surface area (Å²) in [6, 6.07) is 1.86. The van der Waals surface area contributed by atoms with Crippen molar-refractivity contribution in [2.24, 2.45) is 5.92 Å². The molecule has 2 rings (SSSR count). The lowest BCUT2D eigenvalue weighted by Gasteiger charge is -2.31. The molecule has 1 saturated heterocycles. The van der Waals surface area contributed by atoms with Crippen molar-refractivity contribution in [2.75, 3.05) is 19.7 Å². The molecule has 0 spiro atoms. The lowest BCUT2D eigenvalue weighted by molar-refractivity contribution is 0.0621. The van der Waals surface area contributed by atoms with Crippen molar-refractivity contribution in [1.29, 1.82) is 0 Å². The molecule has 0 bridgehead atoms. The molecule has 3 nitrogen and oxygen atoms in total. The van der Waals surface area contributed by atoms with Gasteiger partial charge in [-0.2, -0.15) is 11.3 Å². The van der Waals surface area contributed by atoms with Crippen LogP contribution in [0.2, 0.25) is 0 Å². The van der Waals surface area contributed by atoms with Gasteiger partial charge in [-0.15, -0.1) is 0 Å². The number of nitrogens with zero attached hydrogens (tertiary/aromatic N) is 1. The summed E-state index contributed by atoms with van der Waals surface area (Å²) in [6.07, 6.45) is 2.03. The SMILES string of the molecule is O=C(c1ccsc1)N1CCC[C@@H](CO)C1. The number of aliphatic hydroxyl groups is 1. The molecule has 0 aromatic carbocycles. The minimum Gasteiger partial charge on any atom is -0.396 e. The summed E-state index contributed by atoms with van der Waals surface area (Å²) in [5.41, 5.74) is 0.776. The number of thiophene rings is 1. The summed E-state index contributed by atoms with van der Waals surface area (Å²) in [5.74, 6) is 0.371. The molecule has 0 radical (unpaired) electrons. The predicted molar refractivity (Wildman–Crippen MR) is 60.0 cm³/mol. The molecule has 0 aliphatic carbocycles. The number of carbonyl (C=O) groups is 1. The third-order valence-corrected chi connectivity index (χ3v) is 3.52. The molecule has 1 amide bonds. The molecule has 1 aliphatic rings. The van der Waals surface area contributed by atoms with Crippen LogP contribution in [-0.4, -0.2) is 35.6 Å². The van der Waals surface area contributed by atoms with Crippen LogP contribution in [0.25, 0.3) is 0 Å². The third kappa shape index (κ3) is 2.38. The van der Waals surface area contributed by atoms with Gasteiger partial charge < -0.3 is 10.0 Å². The minimum atomic E-state index is 0.106. The number of rotatable bonds is 2. The second kappa shape index (κ2) is 4.77. The van der Waals surface area contributed by atoms with Crippen LogP contribution in [0.1, 0.15) is 23.2 Å². The smallest absolute Gasteiger partial charge is 0.254 e. The Kier molecular flexibility index (Phi) is 3.38. The van der Waals surface area contributed by atoms with Crippen molar-refractivity contribution in [3.63, 3.8) is 0 Å². The highest BCUT2D eigenvalue weighted by molar-refractivity contribution is 7.08. The zero-order valence-electron chi connectivity index (χ0n) is 8.56. The first-order chi connectivity index (χ1) is 7.31. The van der Waals surface area contributed by atoms with Crippen LogP contribution in [0.15, 0.2) is 16.8 Å². The largest absolute Gasteiger partial charge is 0.396 e. The number of hydrogen-bond acceptors (Lipinski definition) is 3. The molecule has 15 heavy (non-hydrogen) atoms. The Morgan fingerprint density at radius 2 is 2.53 bits per heavy atom. The lowest BCUT2D eigenvalue weighted by atomic mass is 9.98. The Morgan fingerprint density at radius 1 is 1.67 bits per heavy atom. The molecule has 4 heteroatoms. The van der Waals surface area contributed by atoms with Gasteiger partial charge in [0.05, 0.1) is 5.56 Å². The van der Waals surface area contributed by atoms with Gasteiger partial charge in [-0.05, 0) is 30.2 Å². The minimum absolute atomic E-state index is 0.106. The highest BCUT2D eigenvalue weighted by atomic mass is 32.1. The maximum Gasteiger partial charge on any atom is 0.254 e. The fourth-order valence-electron chi connectivity index (χ4n) is 1.97. The van der Waals surface area contributed by atoms with Gasteiger partial charge in [0, 0.05) is 25.1 Å². The molecule has 1 aromatic heterocycles. The van der Waals surface area contributed by atoms with E-state index in [4.69, 9.17) is 5.11 Å². The average Bonchev–Trinajstić information content (AvgIpc) is 2.81. The van der Waals surface area contributed by atoms with Gasteiger partial charge in [0.15, 0.2) is 0 Å². The highest BCUT2D eigenvalue weighted by Gasteiger charge is 2.23. The van der Waals surface area contributed by atoms with E-state index in [1.807, 2.05) is 21.7 Å². The van der Waals surface area contributed by atoms with E-state index in [0.29, 0.717) is 6.54 Å². The zero-order valence-corrected chi connectivity index (χ0v) is 9.37. The average molecular weight is 225 g/mol. The molecule has 0 saturated carbocycles. The Morgan fingerprint density at radius 3 is 3.20 bits per heavy atom. The van der Waals surface area contributed by atoms with E-state index >= 15 is 0 Å². The van der Waals surface area contributed by atoms with E-state index < -0.39 is 0 Å². The molecule has 1 fully saturated rings. The number of likely N-dealkylation sites (tertiary alicyclic amines) is 1. The first kappa shape index (κ1) is 10.6. The first-order valence-electron chi connectivity index (χ1n) is 5.23. The predicted octanol–water partition coefficient (Wildman–Crippen LogP) is 1.59. The number of amides is 1. The normalized spacial score (nSPS) is 21.7.